The molecule has 3 amide bonds. The Kier molecular flexibility index (Phi) is 8.22. The summed E-state index contributed by atoms with van der Waals surface area (Å²) in [5.41, 5.74) is 0.837. The number of nitrogens with one attached hydrogen (secondary N) is 1. The molecule has 0 bridgehead atoms. The topological polar surface area (TPSA) is 71.1 Å². The molecule has 1 atom stereocenters. The molecule has 1 aromatic carbocycles. The van der Waals surface area contributed by atoms with Crippen LogP contribution in [0.4, 0.5) is 4.79 Å². The Balaban J connectivity index is 2.91. The van der Waals surface area contributed by atoms with Crippen LogP contribution < -0.4 is 14.8 Å². The number of nitrogens with zero attached hydrogens (tertiary/aromatic N) is 2. The van der Waals surface area contributed by atoms with Crippen LogP contribution in [0.1, 0.15) is 26.3 Å². The van der Waals surface area contributed by atoms with Crippen LogP contribution in [0.2, 0.25) is 0 Å². The van der Waals surface area contributed by atoms with Crippen molar-refractivity contribution < 1.29 is 19.1 Å². The summed E-state index contributed by atoms with van der Waals surface area (Å²) in [6, 6.07) is 4.68. The minimum Gasteiger partial charge on any atom is -0.493 e. The third kappa shape index (κ3) is 5.54. The molecule has 0 heterocycles. The Bertz CT molecular complexity index is 617. The maximum atomic E-state index is 12.6. The van der Waals surface area contributed by atoms with E-state index >= 15 is 0 Å². The molecule has 0 unspecified atom stereocenters. The highest BCUT2D eigenvalue weighted by Crippen LogP contribution is 2.31. The van der Waals surface area contributed by atoms with Crippen LogP contribution >= 0.6 is 0 Å². The van der Waals surface area contributed by atoms with Gasteiger partial charge in [-0.2, -0.15) is 0 Å². The number of carbonyl (C=O) groups excluding carboxylic acids is 2. The van der Waals surface area contributed by atoms with E-state index in [0.29, 0.717) is 24.7 Å². The van der Waals surface area contributed by atoms with Crippen LogP contribution in [-0.2, 0) is 11.3 Å². The summed E-state index contributed by atoms with van der Waals surface area (Å²) < 4.78 is 11.0. The lowest BCUT2D eigenvalue weighted by molar-refractivity contribution is -0.131. The molecule has 0 spiro atoms. The molecule has 0 aromatic heterocycles. The van der Waals surface area contributed by atoms with Crippen LogP contribution in [-0.4, -0.2) is 62.6 Å². The number of hydrogen-bond acceptors (Lipinski definition) is 4. The van der Waals surface area contributed by atoms with Gasteiger partial charge < -0.3 is 24.6 Å². The van der Waals surface area contributed by atoms with E-state index in [4.69, 9.17) is 9.47 Å². The molecule has 0 saturated carbocycles. The van der Waals surface area contributed by atoms with Crippen LogP contribution in [0.3, 0.4) is 0 Å². The smallest absolute Gasteiger partial charge is 0.318 e. The first-order valence-electron chi connectivity index (χ1n) is 8.74. The van der Waals surface area contributed by atoms with E-state index in [-0.39, 0.29) is 17.9 Å². The number of benzene rings is 1. The molecule has 1 aromatic rings. The second-order valence-electron chi connectivity index (χ2n) is 6.64. The van der Waals surface area contributed by atoms with Crippen molar-refractivity contribution in [2.24, 2.45) is 5.92 Å². The highest BCUT2D eigenvalue weighted by Gasteiger charge is 2.27. The Morgan fingerprint density at radius 1 is 1.19 bits per heavy atom. The minimum absolute atomic E-state index is 0.0157. The van der Waals surface area contributed by atoms with E-state index in [1.807, 2.05) is 39.0 Å². The normalized spacial score (nSPS) is 11.7. The number of methoxy groups -OCH3 is 1. The number of likely N-dealkylation sites (N-methyl/N-ethyl adjacent to an activating group) is 1. The van der Waals surface area contributed by atoms with Crippen molar-refractivity contribution in [2.75, 3.05) is 34.9 Å². The third-order valence-electron chi connectivity index (χ3n) is 3.98. The van der Waals surface area contributed by atoms with Crippen molar-refractivity contribution >= 4 is 11.9 Å². The molecule has 0 aliphatic carbocycles. The van der Waals surface area contributed by atoms with E-state index in [2.05, 4.69) is 5.32 Å². The number of amides is 3. The van der Waals surface area contributed by atoms with Crippen molar-refractivity contribution in [3.8, 4) is 11.5 Å². The van der Waals surface area contributed by atoms with E-state index < -0.39 is 6.04 Å². The molecule has 0 radical (unpaired) electrons. The molecule has 0 aliphatic rings. The quantitative estimate of drug-likeness (QED) is 0.768. The number of para-hydroxylation sites is 1. The molecule has 0 fully saturated rings. The fourth-order valence-electron chi connectivity index (χ4n) is 2.52. The average Bonchev–Trinajstić information content (AvgIpc) is 2.59. The highest BCUT2D eigenvalue weighted by atomic mass is 16.5. The number of hydrogen-bond donors (Lipinski definition) is 1. The van der Waals surface area contributed by atoms with Crippen molar-refractivity contribution in [1.29, 1.82) is 0 Å². The van der Waals surface area contributed by atoms with Crippen molar-refractivity contribution in [3.05, 3.63) is 23.8 Å². The number of urea groups is 1. The van der Waals surface area contributed by atoms with E-state index in [9.17, 15) is 9.59 Å². The van der Waals surface area contributed by atoms with E-state index in [1.54, 1.807) is 28.3 Å². The Labute approximate surface area is 156 Å². The van der Waals surface area contributed by atoms with Gasteiger partial charge in [0.05, 0.1) is 20.3 Å². The first kappa shape index (κ1) is 21.6. The molecule has 7 nitrogen and oxygen atoms in total. The van der Waals surface area contributed by atoms with Crippen molar-refractivity contribution in [1.82, 2.24) is 15.1 Å². The van der Waals surface area contributed by atoms with Gasteiger partial charge in [0, 0.05) is 26.7 Å². The summed E-state index contributed by atoms with van der Waals surface area (Å²) in [5.74, 6) is 1.11. The molecular weight excluding hydrogens is 334 g/mol. The lowest BCUT2D eigenvalue weighted by atomic mass is 10.0. The average molecular weight is 365 g/mol. The molecular formula is C19H31N3O4. The predicted molar refractivity (Wildman–Crippen MR) is 101 cm³/mol. The highest BCUT2D eigenvalue weighted by molar-refractivity contribution is 5.87. The SMILES string of the molecule is CCOc1c(CN(C)C(=O)N[C@@H](C(=O)N(C)C)C(C)C)cccc1OC. The van der Waals surface area contributed by atoms with Crippen LogP contribution in [0, 0.1) is 5.92 Å². The van der Waals surface area contributed by atoms with Gasteiger partial charge in [-0.1, -0.05) is 26.0 Å². The van der Waals surface area contributed by atoms with E-state index in [1.165, 1.54) is 9.80 Å². The largest absolute Gasteiger partial charge is 0.493 e. The first-order chi connectivity index (χ1) is 12.2. The maximum Gasteiger partial charge on any atom is 0.318 e. The van der Waals surface area contributed by atoms with Gasteiger partial charge in [0.2, 0.25) is 5.91 Å². The lowest BCUT2D eigenvalue weighted by Gasteiger charge is -2.27. The van der Waals surface area contributed by atoms with Gasteiger partial charge >= 0.3 is 6.03 Å². The molecule has 7 heteroatoms. The van der Waals surface area contributed by atoms with Crippen LogP contribution in [0.25, 0.3) is 0 Å². The van der Waals surface area contributed by atoms with Gasteiger partial charge in [0.15, 0.2) is 11.5 Å². The van der Waals surface area contributed by atoms with Crippen molar-refractivity contribution in [3.63, 3.8) is 0 Å². The Morgan fingerprint density at radius 2 is 1.85 bits per heavy atom. The molecule has 0 aliphatic heterocycles. The number of ether oxygens (including phenoxy) is 2. The summed E-state index contributed by atoms with van der Waals surface area (Å²) in [7, 11) is 6.62. The molecule has 1 N–H and O–H groups in total. The van der Waals surface area contributed by atoms with Gasteiger partial charge in [-0.25, -0.2) is 4.79 Å². The third-order valence-corrected chi connectivity index (χ3v) is 3.98. The minimum atomic E-state index is -0.573. The Morgan fingerprint density at radius 3 is 2.35 bits per heavy atom. The summed E-state index contributed by atoms with van der Waals surface area (Å²) in [6.45, 7) is 6.53. The second-order valence-corrected chi connectivity index (χ2v) is 6.64. The fourth-order valence-corrected chi connectivity index (χ4v) is 2.52. The fraction of sp³-hybridized carbons (Fsp3) is 0.579. The summed E-state index contributed by atoms with van der Waals surface area (Å²) in [6.07, 6.45) is 0. The molecule has 26 heavy (non-hydrogen) atoms. The van der Waals surface area contributed by atoms with Gasteiger partial charge in [-0.15, -0.1) is 0 Å². The lowest BCUT2D eigenvalue weighted by Crippen LogP contribution is -2.52. The number of rotatable bonds is 8. The van der Waals surface area contributed by atoms with Gasteiger partial charge in [-0.05, 0) is 18.9 Å². The van der Waals surface area contributed by atoms with Gasteiger partial charge in [0.1, 0.15) is 6.04 Å². The first-order valence-corrected chi connectivity index (χ1v) is 8.74. The zero-order valence-corrected chi connectivity index (χ0v) is 16.8. The second kappa shape index (κ2) is 9.89. The zero-order valence-electron chi connectivity index (χ0n) is 16.8. The zero-order chi connectivity index (χ0) is 19.9. The monoisotopic (exact) mass is 365 g/mol. The summed E-state index contributed by atoms with van der Waals surface area (Å²) in [5, 5.41) is 2.82. The maximum absolute atomic E-state index is 12.6. The van der Waals surface area contributed by atoms with Gasteiger partial charge in [0.25, 0.3) is 0 Å². The van der Waals surface area contributed by atoms with Crippen molar-refractivity contribution in [2.45, 2.75) is 33.4 Å². The van der Waals surface area contributed by atoms with Crippen LogP contribution in [0.5, 0.6) is 11.5 Å². The summed E-state index contributed by atoms with van der Waals surface area (Å²) in [4.78, 5) is 27.9. The molecule has 146 valence electrons. The van der Waals surface area contributed by atoms with E-state index in [0.717, 1.165) is 5.56 Å². The molecule has 0 saturated heterocycles. The summed E-state index contributed by atoms with van der Waals surface area (Å²) >= 11 is 0. The Hall–Kier alpha value is -2.44. The van der Waals surface area contributed by atoms with Crippen LogP contribution in [0.15, 0.2) is 18.2 Å². The standard InChI is InChI=1S/C19H31N3O4/c1-8-26-17-14(10-9-11-15(17)25-7)12-22(6)19(24)20-16(13(2)3)18(23)21(4)5/h9-11,13,16H,8,12H2,1-7H3,(H,20,24)/t16-/m1/s1. The van der Waals surface area contributed by atoms with Gasteiger partial charge in [-0.3, -0.25) is 4.79 Å². The predicted octanol–water partition coefficient (Wildman–Crippen LogP) is 2.35. The molecule has 1 rings (SSSR count). The number of carbonyl (C=O) groups is 2.